The number of rotatable bonds is 5. The van der Waals surface area contributed by atoms with Crippen molar-refractivity contribution in [3.63, 3.8) is 0 Å². The third-order valence-corrected chi connectivity index (χ3v) is 4.73. The molecular weight excluding hydrogens is 292 g/mol. The molecule has 3 N–H and O–H groups in total. The Morgan fingerprint density at radius 1 is 1.22 bits per heavy atom. The number of benzene rings is 1. The quantitative estimate of drug-likeness (QED) is 0.791. The van der Waals surface area contributed by atoms with Gasteiger partial charge in [0.2, 0.25) is 0 Å². The lowest BCUT2D eigenvalue weighted by Gasteiger charge is -2.31. The lowest BCUT2D eigenvalue weighted by Crippen LogP contribution is -2.42. The Bertz CT molecular complexity index is 674. The molecule has 5 nitrogen and oxygen atoms in total. The van der Waals surface area contributed by atoms with E-state index >= 15 is 0 Å². The molecular formula is C18H22N2O3. The van der Waals surface area contributed by atoms with Gasteiger partial charge in [-0.2, -0.15) is 0 Å². The van der Waals surface area contributed by atoms with Crippen LogP contribution in [0.15, 0.2) is 30.3 Å². The van der Waals surface area contributed by atoms with Crippen LogP contribution < -0.4 is 5.32 Å². The second-order valence-electron chi connectivity index (χ2n) is 6.33. The summed E-state index contributed by atoms with van der Waals surface area (Å²) in [6.45, 7) is 0. The summed E-state index contributed by atoms with van der Waals surface area (Å²) in [5.41, 5.74) is 1.51. The summed E-state index contributed by atoms with van der Waals surface area (Å²) < 4.78 is 0. The highest BCUT2D eigenvalue weighted by molar-refractivity contribution is 5.98. The second kappa shape index (κ2) is 6.86. The number of carbonyl (C=O) groups excluding carboxylic acids is 1. The van der Waals surface area contributed by atoms with Crippen molar-refractivity contribution in [2.24, 2.45) is 5.92 Å². The zero-order valence-corrected chi connectivity index (χ0v) is 13.0. The molecule has 1 aromatic carbocycles. The van der Waals surface area contributed by atoms with Crippen LogP contribution in [0.3, 0.4) is 0 Å². The normalized spacial score (nSPS) is 21.2. The molecule has 0 saturated heterocycles. The minimum Gasteiger partial charge on any atom is -0.481 e. The van der Waals surface area contributed by atoms with Gasteiger partial charge < -0.3 is 15.4 Å². The van der Waals surface area contributed by atoms with Gasteiger partial charge in [-0.15, -0.1) is 0 Å². The smallest absolute Gasteiger partial charge is 0.303 e. The molecule has 1 fully saturated rings. The zero-order valence-electron chi connectivity index (χ0n) is 13.0. The van der Waals surface area contributed by atoms with Crippen molar-refractivity contribution in [1.29, 1.82) is 0 Å². The molecule has 0 radical (unpaired) electrons. The first kappa shape index (κ1) is 15.6. The van der Waals surface area contributed by atoms with Gasteiger partial charge in [0.1, 0.15) is 5.69 Å². The van der Waals surface area contributed by atoms with Crippen LogP contribution in [-0.2, 0) is 4.79 Å². The number of H-pyrrole nitrogens is 1. The van der Waals surface area contributed by atoms with Crippen molar-refractivity contribution in [1.82, 2.24) is 10.3 Å². The average Bonchev–Trinajstić information content (AvgIpc) is 2.98. The number of hydrogen-bond acceptors (Lipinski definition) is 2. The van der Waals surface area contributed by atoms with Gasteiger partial charge in [-0.25, -0.2) is 0 Å². The van der Waals surface area contributed by atoms with Gasteiger partial charge in [0.05, 0.1) is 0 Å². The van der Waals surface area contributed by atoms with E-state index < -0.39 is 5.97 Å². The SMILES string of the molecule is O=C(O)CCC1CCCCC1NC(=O)c1cc2ccccc2[nH]1. The number of aromatic amines is 1. The Kier molecular flexibility index (Phi) is 4.65. The molecule has 2 atom stereocenters. The fourth-order valence-electron chi connectivity index (χ4n) is 3.49. The third-order valence-electron chi connectivity index (χ3n) is 4.73. The average molecular weight is 314 g/mol. The van der Waals surface area contributed by atoms with Crippen molar-refractivity contribution in [2.45, 2.75) is 44.6 Å². The molecule has 0 spiro atoms. The number of para-hydroxylation sites is 1. The summed E-state index contributed by atoms with van der Waals surface area (Å²) in [5.74, 6) is -0.613. The third kappa shape index (κ3) is 3.73. The van der Waals surface area contributed by atoms with Crippen LogP contribution in [0.1, 0.15) is 49.0 Å². The number of carbonyl (C=O) groups is 2. The summed E-state index contributed by atoms with van der Waals surface area (Å²) in [7, 11) is 0. The van der Waals surface area contributed by atoms with Crippen molar-refractivity contribution in [2.75, 3.05) is 0 Å². The van der Waals surface area contributed by atoms with E-state index in [0.717, 1.165) is 36.6 Å². The van der Waals surface area contributed by atoms with Crippen molar-refractivity contribution in [3.05, 3.63) is 36.0 Å². The predicted octanol–water partition coefficient (Wildman–Crippen LogP) is 3.32. The van der Waals surface area contributed by atoms with E-state index in [-0.39, 0.29) is 24.3 Å². The lowest BCUT2D eigenvalue weighted by atomic mass is 9.81. The fourth-order valence-corrected chi connectivity index (χ4v) is 3.49. The summed E-state index contributed by atoms with van der Waals surface area (Å²) in [6.07, 6.45) is 4.92. The molecule has 122 valence electrons. The molecule has 1 aromatic heterocycles. The highest BCUT2D eigenvalue weighted by atomic mass is 16.4. The van der Waals surface area contributed by atoms with Crippen LogP contribution in [0.25, 0.3) is 10.9 Å². The van der Waals surface area contributed by atoms with Crippen molar-refractivity contribution in [3.8, 4) is 0 Å². The summed E-state index contributed by atoms with van der Waals surface area (Å²) in [6, 6.07) is 9.73. The Labute approximate surface area is 135 Å². The van der Waals surface area contributed by atoms with Crippen LogP contribution >= 0.6 is 0 Å². The Morgan fingerprint density at radius 3 is 2.78 bits per heavy atom. The Hall–Kier alpha value is -2.30. The monoisotopic (exact) mass is 314 g/mol. The van der Waals surface area contributed by atoms with Crippen molar-refractivity contribution >= 4 is 22.8 Å². The predicted molar refractivity (Wildman–Crippen MR) is 88.4 cm³/mol. The minimum atomic E-state index is -0.767. The van der Waals surface area contributed by atoms with Gasteiger partial charge >= 0.3 is 5.97 Å². The molecule has 5 heteroatoms. The molecule has 1 heterocycles. The highest BCUT2D eigenvalue weighted by Gasteiger charge is 2.27. The lowest BCUT2D eigenvalue weighted by molar-refractivity contribution is -0.137. The molecule has 1 saturated carbocycles. The number of nitrogens with one attached hydrogen (secondary N) is 2. The van der Waals surface area contributed by atoms with Crippen LogP contribution in [0.2, 0.25) is 0 Å². The van der Waals surface area contributed by atoms with Gasteiger partial charge in [-0.3, -0.25) is 9.59 Å². The Morgan fingerprint density at radius 2 is 2.00 bits per heavy atom. The van der Waals surface area contributed by atoms with E-state index in [2.05, 4.69) is 10.3 Å². The maximum Gasteiger partial charge on any atom is 0.303 e. The van der Waals surface area contributed by atoms with Gasteiger partial charge in [-0.1, -0.05) is 31.0 Å². The van der Waals surface area contributed by atoms with Crippen molar-refractivity contribution < 1.29 is 14.7 Å². The van der Waals surface area contributed by atoms with Gasteiger partial charge in [0, 0.05) is 23.4 Å². The van der Waals surface area contributed by atoms with Crippen LogP contribution in [0.5, 0.6) is 0 Å². The number of amides is 1. The van der Waals surface area contributed by atoms with Crippen LogP contribution in [-0.4, -0.2) is 28.0 Å². The maximum atomic E-state index is 12.5. The molecule has 2 unspecified atom stereocenters. The standard InChI is InChI=1S/C18H22N2O3/c21-17(22)10-9-12-5-1-3-7-14(12)20-18(23)16-11-13-6-2-4-8-15(13)19-16/h2,4,6,8,11-12,14,19H,1,3,5,7,9-10H2,(H,20,23)(H,21,22). The van der Waals surface area contributed by atoms with E-state index in [4.69, 9.17) is 5.11 Å². The number of aliphatic carboxylic acids is 1. The highest BCUT2D eigenvalue weighted by Crippen LogP contribution is 2.28. The molecule has 3 rings (SSSR count). The van der Waals surface area contributed by atoms with Gasteiger partial charge in [0.15, 0.2) is 0 Å². The zero-order chi connectivity index (χ0) is 16.2. The molecule has 23 heavy (non-hydrogen) atoms. The molecule has 2 aromatic rings. The van der Waals surface area contributed by atoms with E-state index in [1.54, 1.807) is 0 Å². The minimum absolute atomic E-state index is 0.0713. The van der Waals surface area contributed by atoms with E-state index in [1.165, 1.54) is 0 Å². The summed E-state index contributed by atoms with van der Waals surface area (Å²) in [5, 5.41) is 13.0. The number of fused-ring (bicyclic) bond motifs is 1. The molecule has 1 aliphatic rings. The number of carboxylic acids is 1. The molecule has 1 aliphatic carbocycles. The Balaban J connectivity index is 1.68. The number of aromatic nitrogens is 1. The van der Waals surface area contributed by atoms with E-state index in [0.29, 0.717) is 12.1 Å². The van der Waals surface area contributed by atoms with Crippen LogP contribution in [0, 0.1) is 5.92 Å². The van der Waals surface area contributed by atoms with E-state index in [9.17, 15) is 9.59 Å². The largest absolute Gasteiger partial charge is 0.481 e. The fraction of sp³-hybridized carbons (Fsp3) is 0.444. The summed E-state index contributed by atoms with van der Waals surface area (Å²) >= 11 is 0. The molecule has 0 aliphatic heterocycles. The first-order chi connectivity index (χ1) is 11.1. The number of carboxylic acid groups (broad SMARTS) is 1. The van der Waals surface area contributed by atoms with Crippen LogP contribution in [0.4, 0.5) is 0 Å². The topological polar surface area (TPSA) is 82.2 Å². The summed E-state index contributed by atoms with van der Waals surface area (Å²) in [4.78, 5) is 26.5. The first-order valence-electron chi connectivity index (χ1n) is 8.24. The first-order valence-corrected chi connectivity index (χ1v) is 8.24. The molecule has 1 amide bonds. The maximum absolute atomic E-state index is 12.5. The van der Waals surface area contributed by atoms with Gasteiger partial charge in [-0.05, 0) is 37.3 Å². The van der Waals surface area contributed by atoms with E-state index in [1.807, 2.05) is 30.3 Å². The van der Waals surface area contributed by atoms with Gasteiger partial charge in [0.25, 0.3) is 5.91 Å². The second-order valence-corrected chi connectivity index (χ2v) is 6.33. The number of hydrogen-bond donors (Lipinski definition) is 3. The molecule has 0 bridgehead atoms.